The van der Waals surface area contributed by atoms with Crippen LogP contribution < -0.4 is 5.32 Å². The largest absolute Gasteiger partial charge is 0.379 e. The summed E-state index contributed by atoms with van der Waals surface area (Å²) in [4.78, 5) is 9.53. The number of morpholine rings is 1. The fourth-order valence-corrected chi connectivity index (χ4v) is 4.27. The second-order valence-electron chi connectivity index (χ2n) is 8.24. The topological polar surface area (TPSA) is 57.9 Å². The predicted octanol–water partition coefficient (Wildman–Crippen LogP) is 2.15. The Labute approximate surface area is 186 Å². The van der Waals surface area contributed by atoms with Gasteiger partial charge in [-0.05, 0) is 24.3 Å². The van der Waals surface area contributed by atoms with Crippen LogP contribution in [-0.2, 0) is 11.8 Å². The number of nitrogens with one attached hydrogen (secondary N) is 1. The van der Waals surface area contributed by atoms with Gasteiger partial charge in [0.1, 0.15) is 0 Å². The van der Waals surface area contributed by atoms with E-state index in [4.69, 9.17) is 4.74 Å². The van der Waals surface area contributed by atoms with E-state index in [0.29, 0.717) is 17.9 Å². The Morgan fingerprint density at radius 3 is 2.68 bits per heavy atom. The third-order valence-electron chi connectivity index (χ3n) is 5.70. The summed E-state index contributed by atoms with van der Waals surface area (Å²) in [7, 11) is 3.88. The lowest BCUT2D eigenvalue weighted by Crippen LogP contribution is -2.51. The van der Waals surface area contributed by atoms with Crippen LogP contribution in [-0.4, -0.2) is 84.6 Å². The highest BCUT2D eigenvalue weighted by atomic mass is 127. The molecule has 0 bridgehead atoms. The summed E-state index contributed by atoms with van der Waals surface area (Å²) in [6.07, 6.45) is 6.50. The number of ether oxygens (including phenoxy) is 1. The molecule has 2 atom stereocenters. The Morgan fingerprint density at radius 1 is 1.32 bits per heavy atom. The number of aryl methyl sites for hydroxylation is 1. The monoisotopic (exact) mass is 504 g/mol. The molecule has 1 aromatic heterocycles. The van der Waals surface area contributed by atoms with Gasteiger partial charge in [-0.1, -0.05) is 13.8 Å². The Balaban J connectivity index is 0.00000280. The van der Waals surface area contributed by atoms with Gasteiger partial charge in [0.05, 0.1) is 19.4 Å². The second kappa shape index (κ2) is 11.3. The first-order valence-corrected chi connectivity index (χ1v) is 10.3. The molecule has 0 amide bonds. The molecule has 0 spiro atoms. The van der Waals surface area contributed by atoms with E-state index >= 15 is 0 Å². The third kappa shape index (κ3) is 6.32. The van der Waals surface area contributed by atoms with Gasteiger partial charge in [0.15, 0.2) is 5.96 Å². The average molecular weight is 504 g/mol. The Kier molecular flexibility index (Phi) is 9.49. The van der Waals surface area contributed by atoms with Gasteiger partial charge >= 0.3 is 0 Å². The van der Waals surface area contributed by atoms with Gasteiger partial charge in [0, 0.05) is 65.0 Å². The maximum Gasteiger partial charge on any atom is 0.193 e. The fourth-order valence-electron chi connectivity index (χ4n) is 4.27. The number of halogens is 1. The first kappa shape index (κ1) is 23.4. The number of rotatable bonds is 6. The molecule has 2 aliphatic heterocycles. The summed E-state index contributed by atoms with van der Waals surface area (Å²) in [5, 5.41) is 7.99. The molecule has 1 N–H and O–H groups in total. The zero-order valence-corrected chi connectivity index (χ0v) is 20.1. The van der Waals surface area contributed by atoms with Crippen molar-refractivity contribution in [2.75, 3.05) is 53.0 Å². The molecule has 3 rings (SSSR count). The van der Waals surface area contributed by atoms with Crippen LogP contribution in [0.4, 0.5) is 0 Å². The van der Waals surface area contributed by atoms with E-state index in [-0.39, 0.29) is 24.0 Å². The van der Waals surface area contributed by atoms with Crippen molar-refractivity contribution >= 4 is 29.9 Å². The van der Waals surface area contributed by atoms with E-state index < -0.39 is 0 Å². The normalized spacial score (nSPS) is 22.4. The van der Waals surface area contributed by atoms with Crippen LogP contribution in [0.5, 0.6) is 0 Å². The lowest BCUT2D eigenvalue weighted by atomic mass is 10.0. The van der Waals surface area contributed by atoms with E-state index in [1.54, 1.807) is 0 Å². The van der Waals surface area contributed by atoms with Crippen LogP contribution in [0.15, 0.2) is 17.4 Å². The summed E-state index contributed by atoms with van der Waals surface area (Å²) in [5.74, 6) is 2.26. The lowest BCUT2D eigenvalue weighted by molar-refractivity contribution is 0.0131. The quantitative estimate of drug-likeness (QED) is 0.366. The smallest absolute Gasteiger partial charge is 0.193 e. The molecule has 2 unspecified atom stereocenters. The number of guanidine groups is 1. The predicted molar refractivity (Wildman–Crippen MR) is 125 cm³/mol. The molecule has 7 nitrogen and oxygen atoms in total. The van der Waals surface area contributed by atoms with Gasteiger partial charge in [-0.3, -0.25) is 14.6 Å². The molecular formula is C20H37IN6O. The molecule has 3 heterocycles. The van der Waals surface area contributed by atoms with Crippen molar-refractivity contribution in [2.45, 2.75) is 38.6 Å². The molecular weight excluding hydrogens is 467 g/mol. The van der Waals surface area contributed by atoms with Crippen molar-refractivity contribution in [3.63, 3.8) is 0 Å². The van der Waals surface area contributed by atoms with Gasteiger partial charge in [-0.25, -0.2) is 0 Å². The molecule has 8 heteroatoms. The molecule has 2 saturated heterocycles. The highest BCUT2D eigenvalue weighted by Gasteiger charge is 2.28. The van der Waals surface area contributed by atoms with Crippen molar-refractivity contribution in [2.24, 2.45) is 18.0 Å². The number of likely N-dealkylation sites (tertiary alicyclic amines) is 1. The minimum absolute atomic E-state index is 0. The minimum Gasteiger partial charge on any atom is -0.379 e. The van der Waals surface area contributed by atoms with E-state index in [1.165, 1.54) is 12.0 Å². The van der Waals surface area contributed by atoms with Crippen molar-refractivity contribution in [1.29, 1.82) is 0 Å². The molecule has 0 aromatic carbocycles. The van der Waals surface area contributed by atoms with E-state index in [2.05, 4.69) is 45.3 Å². The lowest BCUT2D eigenvalue weighted by Gasteiger charge is -2.36. The molecule has 1 aromatic rings. The standard InChI is InChI=1S/C20H36N6O.HI/c1-16(2)11-19(25-7-9-27-10-8-25)13-22-20(21-3)26-6-5-17(15-26)18-12-23-24(4)14-18;/h12,14,16-17,19H,5-11,13,15H2,1-4H3,(H,21,22);1H. The van der Waals surface area contributed by atoms with Gasteiger partial charge in [0.25, 0.3) is 0 Å². The fraction of sp³-hybridized carbons (Fsp3) is 0.800. The maximum absolute atomic E-state index is 5.54. The number of aliphatic imine (C=N–C) groups is 1. The summed E-state index contributed by atoms with van der Waals surface area (Å²) in [6, 6.07) is 0.530. The number of aromatic nitrogens is 2. The molecule has 0 radical (unpaired) electrons. The van der Waals surface area contributed by atoms with Crippen LogP contribution in [0.25, 0.3) is 0 Å². The van der Waals surface area contributed by atoms with Gasteiger partial charge in [0.2, 0.25) is 0 Å². The molecule has 2 aliphatic rings. The molecule has 2 fully saturated rings. The highest BCUT2D eigenvalue weighted by molar-refractivity contribution is 14.0. The summed E-state index contributed by atoms with van der Waals surface area (Å²) >= 11 is 0. The molecule has 28 heavy (non-hydrogen) atoms. The molecule has 160 valence electrons. The van der Waals surface area contributed by atoms with Crippen molar-refractivity contribution in [3.05, 3.63) is 18.0 Å². The van der Waals surface area contributed by atoms with Crippen molar-refractivity contribution < 1.29 is 4.74 Å². The zero-order valence-electron chi connectivity index (χ0n) is 17.8. The van der Waals surface area contributed by atoms with Crippen molar-refractivity contribution in [3.8, 4) is 0 Å². The number of nitrogens with zero attached hydrogens (tertiary/aromatic N) is 5. The van der Waals surface area contributed by atoms with E-state index in [1.807, 2.05) is 25.0 Å². The second-order valence-corrected chi connectivity index (χ2v) is 8.24. The minimum atomic E-state index is 0. The maximum atomic E-state index is 5.54. The van der Waals surface area contributed by atoms with Crippen LogP contribution in [0.2, 0.25) is 0 Å². The SMILES string of the molecule is CN=C(NCC(CC(C)C)N1CCOCC1)N1CCC(c2cnn(C)c2)C1.I. The summed E-state index contributed by atoms with van der Waals surface area (Å²) in [6.45, 7) is 11.4. The molecule has 0 aliphatic carbocycles. The van der Waals surface area contributed by atoms with Crippen LogP contribution in [0.3, 0.4) is 0 Å². The number of hydrogen-bond acceptors (Lipinski definition) is 4. The summed E-state index contributed by atoms with van der Waals surface area (Å²) < 4.78 is 7.43. The van der Waals surface area contributed by atoms with Gasteiger partial charge < -0.3 is 15.0 Å². The van der Waals surface area contributed by atoms with E-state index in [0.717, 1.165) is 58.3 Å². The van der Waals surface area contributed by atoms with Crippen molar-refractivity contribution in [1.82, 2.24) is 24.9 Å². The zero-order chi connectivity index (χ0) is 19.2. The Morgan fingerprint density at radius 2 is 2.07 bits per heavy atom. The van der Waals surface area contributed by atoms with Gasteiger partial charge in [-0.15, -0.1) is 24.0 Å². The first-order chi connectivity index (χ1) is 13.1. The average Bonchev–Trinajstić information content (AvgIpc) is 3.31. The van der Waals surface area contributed by atoms with Crippen LogP contribution in [0, 0.1) is 5.92 Å². The summed E-state index contributed by atoms with van der Waals surface area (Å²) in [5.41, 5.74) is 1.33. The first-order valence-electron chi connectivity index (χ1n) is 10.3. The van der Waals surface area contributed by atoms with Crippen LogP contribution in [0.1, 0.15) is 38.2 Å². The Hall–Kier alpha value is -0.870. The van der Waals surface area contributed by atoms with Crippen LogP contribution >= 0.6 is 24.0 Å². The third-order valence-corrected chi connectivity index (χ3v) is 5.70. The number of hydrogen-bond donors (Lipinski definition) is 1. The Bertz CT molecular complexity index is 614. The molecule has 0 saturated carbocycles. The highest BCUT2D eigenvalue weighted by Crippen LogP contribution is 2.26. The van der Waals surface area contributed by atoms with Gasteiger partial charge in [-0.2, -0.15) is 5.10 Å². The van der Waals surface area contributed by atoms with E-state index in [9.17, 15) is 0 Å².